The van der Waals surface area contributed by atoms with Crippen LogP contribution in [0.5, 0.6) is 0 Å². The number of hydrogen-bond acceptors (Lipinski definition) is 0. The van der Waals surface area contributed by atoms with Gasteiger partial charge >= 0.3 is 0 Å². The molecule has 0 N–H and O–H groups in total. The van der Waals surface area contributed by atoms with E-state index >= 15 is 0 Å². The lowest BCUT2D eigenvalue weighted by Gasteiger charge is -2.22. The van der Waals surface area contributed by atoms with Crippen LogP contribution in [0.1, 0.15) is 67.2 Å². The smallest absolute Gasteiger partial charge is 0.0383 e. The van der Waals surface area contributed by atoms with Crippen LogP contribution in [0.15, 0.2) is 0 Å². The first-order valence-electron chi connectivity index (χ1n) is 5.87. The molecule has 2 atom stereocenters. The van der Waals surface area contributed by atoms with Gasteiger partial charge in [-0.2, -0.15) is 0 Å². The van der Waals surface area contributed by atoms with E-state index in [4.69, 9.17) is 0 Å². The molecule has 0 amide bonds. The summed E-state index contributed by atoms with van der Waals surface area (Å²) in [5.74, 6) is 1.81. The molecule has 13 heavy (non-hydrogen) atoms. The van der Waals surface area contributed by atoms with Gasteiger partial charge in [0.05, 0.1) is 0 Å². The van der Waals surface area contributed by atoms with Crippen LogP contribution < -0.4 is 0 Å². The first kappa shape index (κ1) is 13.0. The molecule has 0 saturated carbocycles. The quantitative estimate of drug-likeness (QED) is 0.571. The standard InChI is InChI=1S/C13H28/c1-7-11(2)12(3)9-8-10-13(4,5)6/h11-12H,7-10H2,1-6H3. The average molecular weight is 184 g/mol. The van der Waals surface area contributed by atoms with Gasteiger partial charge in [-0.15, -0.1) is 0 Å². The molecule has 0 heteroatoms. The summed E-state index contributed by atoms with van der Waals surface area (Å²) >= 11 is 0. The molecule has 0 aliphatic carbocycles. The van der Waals surface area contributed by atoms with E-state index in [-0.39, 0.29) is 0 Å². The fourth-order valence-corrected chi connectivity index (χ4v) is 1.64. The van der Waals surface area contributed by atoms with Gasteiger partial charge in [-0.1, -0.05) is 60.8 Å². The highest BCUT2D eigenvalue weighted by Crippen LogP contribution is 2.26. The summed E-state index contributed by atoms with van der Waals surface area (Å²) in [5.41, 5.74) is 0.523. The number of rotatable bonds is 5. The molecule has 0 radical (unpaired) electrons. The van der Waals surface area contributed by atoms with Crippen LogP contribution in [-0.4, -0.2) is 0 Å². The van der Waals surface area contributed by atoms with Crippen LogP contribution in [0.25, 0.3) is 0 Å². The van der Waals surface area contributed by atoms with Crippen LogP contribution in [0.2, 0.25) is 0 Å². The molecule has 0 spiro atoms. The lowest BCUT2D eigenvalue weighted by atomic mass is 9.84. The van der Waals surface area contributed by atoms with Crippen LogP contribution in [0.3, 0.4) is 0 Å². The van der Waals surface area contributed by atoms with Crippen molar-refractivity contribution in [1.82, 2.24) is 0 Å². The third-order valence-electron chi connectivity index (χ3n) is 3.20. The summed E-state index contributed by atoms with van der Waals surface area (Å²) in [6, 6.07) is 0. The molecule has 0 saturated heterocycles. The fraction of sp³-hybridized carbons (Fsp3) is 1.00. The summed E-state index contributed by atoms with van der Waals surface area (Å²) in [6.45, 7) is 14.1. The van der Waals surface area contributed by atoms with Crippen LogP contribution in [0.4, 0.5) is 0 Å². The maximum Gasteiger partial charge on any atom is -0.0383 e. The molecule has 2 unspecified atom stereocenters. The van der Waals surface area contributed by atoms with E-state index in [1.54, 1.807) is 0 Å². The Labute approximate surface area is 85.1 Å². The van der Waals surface area contributed by atoms with Gasteiger partial charge in [-0.3, -0.25) is 0 Å². The van der Waals surface area contributed by atoms with E-state index in [0.717, 1.165) is 11.8 Å². The Morgan fingerprint density at radius 1 is 1.00 bits per heavy atom. The molecule has 80 valence electrons. The monoisotopic (exact) mass is 184 g/mol. The third kappa shape index (κ3) is 7.10. The Morgan fingerprint density at radius 3 is 1.92 bits per heavy atom. The van der Waals surface area contributed by atoms with Crippen molar-refractivity contribution in [2.75, 3.05) is 0 Å². The highest BCUT2D eigenvalue weighted by Gasteiger charge is 2.13. The van der Waals surface area contributed by atoms with Crippen molar-refractivity contribution >= 4 is 0 Å². The highest BCUT2D eigenvalue weighted by atomic mass is 14.2. The van der Waals surface area contributed by atoms with Gasteiger partial charge in [0, 0.05) is 0 Å². The number of hydrogen-bond donors (Lipinski definition) is 0. The molecule has 0 rings (SSSR count). The molecule has 0 aromatic heterocycles. The molecular weight excluding hydrogens is 156 g/mol. The lowest BCUT2D eigenvalue weighted by Crippen LogP contribution is -2.09. The summed E-state index contributed by atoms with van der Waals surface area (Å²) < 4.78 is 0. The topological polar surface area (TPSA) is 0 Å². The van der Waals surface area contributed by atoms with Crippen molar-refractivity contribution in [3.05, 3.63) is 0 Å². The minimum Gasteiger partial charge on any atom is -0.0651 e. The third-order valence-corrected chi connectivity index (χ3v) is 3.20. The molecule has 0 heterocycles. The Kier molecular flexibility index (Phi) is 5.67. The SMILES string of the molecule is CCC(C)C(C)CCCC(C)(C)C. The van der Waals surface area contributed by atoms with Crippen molar-refractivity contribution in [1.29, 1.82) is 0 Å². The molecule has 0 nitrogen and oxygen atoms in total. The summed E-state index contributed by atoms with van der Waals surface area (Å²) in [5, 5.41) is 0. The van der Waals surface area contributed by atoms with Gasteiger partial charge in [0.15, 0.2) is 0 Å². The molecule has 0 aliphatic heterocycles. The van der Waals surface area contributed by atoms with Gasteiger partial charge < -0.3 is 0 Å². The van der Waals surface area contributed by atoms with Crippen molar-refractivity contribution in [2.24, 2.45) is 17.3 Å². The molecule has 0 bridgehead atoms. The lowest BCUT2D eigenvalue weighted by molar-refractivity contribution is 0.302. The van der Waals surface area contributed by atoms with Gasteiger partial charge in [0.2, 0.25) is 0 Å². The Morgan fingerprint density at radius 2 is 1.54 bits per heavy atom. The Hall–Kier alpha value is 0. The molecule has 0 aromatic rings. The van der Waals surface area contributed by atoms with E-state index in [9.17, 15) is 0 Å². The van der Waals surface area contributed by atoms with Gasteiger partial charge in [0.25, 0.3) is 0 Å². The second-order valence-electron chi connectivity index (χ2n) is 5.82. The predicted molar refractivity (Wildman–Crippen MR) is 61.9 cm³/mol. The van der Waals surface area contributed by atoms with Crippen molar-refractivity contribution in [2.45, 2.75) is 67.2 Å². The Bertz CT molecular complexity index is 118. The zero-order chi connectivity index (χ0) is 10.5. The van der Waals surface area contributed by atoms with E-state index < -0.39 is 0 Å². The van der Waals surface area contributed by atoms with Crippen molar-refractivity contribution < 1.29 is 0 Å². The largest absolute Gasteiger partial charge is 0.0651 e. The second kappa shape index (κ2) is 5.67. The van der Waals surface area contributed by atoms with Crippen molar-refractivity contribution in [3.63, 3.8) is 0 Å². The van der Waals surface area contributed by atoms with Gasteiger partial charge in [-0.05, 0) is 23.7 Å². The normalized spacial score (nSPS) is 17.1. The fourth-order valence-electron chi connectivity index (χ4n) is 1.64. The first-order valence-corrected chi connectivity index (χ1v) is 5.87. The second-order valence-corrected chi connectivity index (χ2v) is 5.82. The van der Waals surface area contributed by atoms with E-state index in [1.807, 2.05) is 0 Å². The minimum absolute atomic E-state index is 0.523. The van der Waals surface area contributed by atoms with Crippen molar-refractivity contribution in [3.8, 4) is 0 Å². The van der Waals surface area contributed by atoms with E-state index in [2.05, 4.69) is 41.5 Å². The maximum atomic E-state index is 2.40. The van der Waals surface area contributed by atoms with Gasteiger partial charge in [-0.25, -0.2) is 0 Å². The minimum atomic E-state index is 0.523. The molecule has 0 aromatic carbocycles. The van der Waals surface area contributed by atoms with Crippen LogP contribution in [0, 0.1) is 17.3 Å². The first-order chi connectivity index (χ1) is 5.87. The average Bonchev–Trinajstić information content (AvgIpc) is 2.00. The molecule has 0 fully saturated rings. The van der Waals surface area contributed by atoms with Crippen LogP contribution >= 0.6 is 0 Å². The van der Waals surface area contributed by atoms with Gasteiger partial charge in [0.1, 0.15) is 0 Å². The maximum absolute atomic E-state index is 2.40. The molecular formula is C13H28. The zero-order valence-corrected chi connectivity index (χ0v) is 10.5. The Balaban J connectivity index is 3.53. The summed E-state index contributed by atoms with van der Waals surface area (Å²) in [6.07, 6.45) is 5.51. The van der Waals surface area contributed by atoms with E-state index in [1.165, 1.54) is 25.7 Å². The summed E-state index contributed by atoms with van der Waals surface area (Å²) in [7, 11) is 0. The predicted octanol–water partition coefficient (Wildman–Crippen LogP) is 4.89. The molecule has 0 aliphatic rings. The zero-order valence-electron chi connectivity index (χ0n) is 10.5. The van der Waals surface area contributed by atoms with E-state index in [0.29, 0.717) is 5.41 Å². The highest BCUT2D eigenvalue weighted by molar-refractivity contribution is 4.65. The summed E-state index contributed by atoms with van der Waals surface area (Å²) in [4.78, 5) is 0. The van der Waals surface area contributed by atoms with Crippen LogP contribution in [-0.2, 0) is 0 Å².